The van der Waals surface area contributed by atoms with Crippen molar-refractivity contribution >= 4 is 5.96 Å². The number of nitrogens with zero attached hydrogens (tertiary/aromatic N) is 2. The van der Waals surface area contributed by atoms with Crippen LogP contribution >= 0.6 is 0 Å². The van der Waals surface area contributed by atoms with E-state index in [1.807, 2.05) is 18.2 Å². The monoisotopic (exact) mass is 303 g/mol. The van der Waals surface area contributed by atoms with Crippen LogP contribution in [0.1, 0.15) is 38.4 Å². The average molecular weight is 303 g/mol. The molecule has 1 aliphatic heterocycles. The van der Waals surface area contributed by atoms with E-state index in [0.29, 0.717) is 6.54 Å². The molecular weight excluding hydrogens is 274 g/mol. The molecule has 0 spiro atoms. The molecule has 122 valence electrons. The van der Waals surface area contributed by atoms with E-state index in [4.69, 9.17) is 9.73 Å². The number of likely N-dealkylation sites (tertiary alicyclic amines) is 1. The molecule has 1 aromatic carbocycles. The van der Waals surface area contributed by atoms with E-state index < -0.39 is 0 Å². The molecule has 1 fully saturated rings. The predicted molar refractivity (Wildman–Crippen MR) is 92.1 cm³/mol. The molecule has 0 aromatic heterocycles. The van der Waals surface area contributed by atoms with Crippen LogP contribution in [-0.2, 0) is 4.74 Å². The Morgan fingerprint density at radius 1 is 1.32 bits per heavy atom. The number of guanidine groups is 1. The lowest BCUT2D eigenvalue weighted by Crippen LogP contribution is -2.45. The average Bonchev–Trinajstić information content (AvgIpc) is 2.56. The lowest BCUT2D eigenvalue weighted by atomic mass is 9.99. The van der Waals surface area contributed by atoms with E-state index >= 15 is 0 Å². The van der Waals surface area contributed by atoms with Gasteiger partial charge in [0.25, 0.3) is 0 Å². The number of ether oxygens (including phenoxy) is 1. The number of hydrogen-bond donors (Lipinski definition) is 1. The van der Waals surface area contributed by atoms with Gasteiger partial charge in [-0.05, 0) is 31.2 Å². The van der Waals surface area contributed by atoms with Gasteiger partial charge in [-0.15, -0.1) is 0 Å². The SMILES string of the molecule is CCNC(=NCC(OC)c1ccccc1)N1CCC(C)CC1. The quantitative estimate of drug-likeness (QED) is 0.671. The van der Waals surface area contributed by atoms with Gasteiger partial charge in [-0.25, -0.2) is 0 Å². The first-order chi connectivity index (χ1) is 10.7. The van der Waals surface area contributed by atoms with Crippen LogP contribution in [0.2, 0.25) is 0 Å². The minimum Gasteiger partial charge on any atom is -0.375 e. The Hall–Kier alpha value is -1.55. The van der Waals surface area contributed by atoms with Gasteiger partial charge in [0, 0.05) is 26.7 Å². The molecule has 1 atom stereocenters. The molecule has 1 unspecified atom stereocenters. The Morgan fingerprint density at radius 2 is 2.00 bits per heavy atom. The molecule has 1 aliphatic rings. The highest BCUT2D eigenvalue weighted by atomic mass is 16.5. The number of methoxy groups -OCH3 is 1. The maximum atomic E-state index is 5.62. The fraction of sp³-hybridized carbons (Fsp3) is 0.611. The van der Waals surface area contributed by atoms with Gasteiger partial charge in [-0.1, -0.05) is 37.3 Å². The van der Waals surface area contributed by atoms with Gasteiger partial charge in [0.1, 0.15) is 6.10 Å². The summed E-state index contributed by atoms with van der Waals surface area (Å²) in [6, 6.07) is 10.3. The molecule has 1 saturated heterocycles. The number of aliphatic imine (C=N–C) groups is 1. The summed E-state index contributed by atoms with van der Waals surface area (Å²) in [5.41, 5.74) is 1.18. The first-order valence-corrected chi connectivity index (χ1v) is 8.35. The van der Waals surface area contributed by atoms with Gasteiger partial charge in [-0.3, -0.25) is 4.99 Å². The third-order valence-corrected chi connectivity index (χ3v) is 4.28. The number of benzene rings is 1. The first kappa shape index (κ1) is 16.8. The summed E-state index contributed by atoms with van der Waals surface area (Å²) in [7, 11) is 1.75. The summed E-state index contributed by atoms with van der Waals surface area (Å²) in [6.45, 7) is 8.18. The summed E-state index contributed by atoms with van der Waals surface area (Å²) >= 11 is 0. The molecule has 1 aromatic rings. The van der Waals surface area contributed by atoms with Gasteiger partial charge >= 0.3 is 0 Å². The molecule has 1 heterocycles. The number of hydrogen-bond acceptors (Lipinski definition) is 2. The summed E-state index contributed by atoms with van der Waals surface area (Å²) in [4.78, 5) is 7.19. The summed E-state index contributed by atoms with van der Waals surface area (Å²) < 4.78 is 5.62. The van der Waals surface area contributed by atoms with Gasteiger partial charge < -0.3 is 15.0 Å². The maximum absolute atomic E-state index is 5.62. The molecule has 1 N–H and O–H groups in total. The highest BCUT2D eigenvalue weighted by Gasteiger charge is 2.19. The molecule has 4 nitrogen and oxygen atoms in total. The van der Waals surface area contributed by atoms with Gasteiger partial charge in [0.05, 0.1) is 6.54 Å². The van der Waals surface area contributed by atoms with Crippen LogP contribution in [0.15, 0.2) is 35.3 Å². The van der Waals surface area contributed by atoms with Crippen molar-refractivity contribution in [3.8, 4) is 0 Å². The van der Waals surface area contributed by atoms with Crippen molar-refractivity contribution in [2.45, 2.75) is 32.8 Å². The molecule has 0 radical (unpaired) electrons. The van der Waals surface area contributed by atoms with Crippen molar-refractivity contribution < 1.29 is 4.74 Å². The van der Waals surface area contributed by atoms with Crippen molar-refractivity contribution in [3.05, 3.63) is 35.9 Å². The molecule has 0 amide bonds. The van der Waals surface area contributed by atoms with Crippen molar-refractivity contribution in [2.24, 2.45) is 10.9 Å². The summed E-state index contributed by atoms with van der Waals surface area (Å²) in [5, 5.41) is 3.42. The third kappa shape index (κ3) is 4.73. The lowest BCUT2D eigenvalue weighted by Gasteiger charge is -2.33. The molecule has 0 bridgehead atoms. The van der Waals surface area contributed by atoms with Crippen LogP contribution in [0.5, 0.6) is 0 Å². The van der Waals surface area contributed by atoms with Crippen LogP contribution in [0.4, 0.5) is 0 Å². The molecule has 0 aliphatic carbocycles. The molecule has 0 saturated carbocycles. The second-order valence-electron chi connectivity index (χ2n) is 6.00. The minimum absolute atomic E-state index is 0.0126. The topological polar surface area (TPSA) is 36.9 Å². The van der Waals surface area contributed by atoms with Gasteiger partial charge in [-0.2, -0.15) is 0 Å². The first-order valence-electron chi connectivity index (χ1n) is 8.35. The van der Waals surface area contributed by atoms with Gasteiger partial charge in [0.2, 0.25) is 0 Å². The van der Waals surface area contributed by atoms with E-state index in [-0.39, 0.29) is 6.10 Å². The van der Waals surface area contributed by atoms with Crippen molar-refractivity contribution in [3.63, 3.8) is 0 Å². The fourth-order valence-corrected chi connectivity index (χ4v) is 2.80. The molecule has 4 heteroatoms. The van der Waals surface area contributed by atoms with E-state index in [1.54, 1.807) is 7.11 Å². The van der Waals surface area contributed by atoms with Crippen LogP contribution in [-0.4, -0.2) is 44.1 Å². The fourth-order valence-electron chi connectivity index (χ4n) is 2.80. The third-order valence-electron chi connectivity index (χ3n) is 4.28. The van der Waals surface area contributed by atoms with Crippen LogP contribution < -0.4 is 5.32 Å². The zero-order valence-corrected chi connectivity index (χ0v) is 14.1. The van der Waals surface area contributed by atoms with Crippen LogP contribution in [0.3, 0.4) is 0 Å². The van der Waals surface area contributed by atoms with Gasteiger partial charge in [0.15, 0.2) is 5.96 Å². The maximum Gasteiger partial charge on any atom is 0.194 e. The standard InChI is InChI=1S/C18H29N3O/c1-4-19-18(21-12-10-15(2)11-13-21)20-14-17(22-3)16-8-6-5-7-9-16/h5-9,15,17H,4,10-14H2,1-3H3,(H,19,20). The Bertz CT molecular complexity index is 453. The Kier molecular flexibility index (Phi) is 6.72. The van der Waals surface area contributed by atoms with Crippen LogP contribution in [0.25, 0.3) is 0 Å². The number of nitrogens with one attached hydrogen (secondary N) is 1. The van der Waals surface area contributed by atoms with E-state index in [2.05, 4.69) is 36.2 Å². The lowest BCUT2D eigenvalue weighted by molar-refractivity contribution is 0.110. The largest absolute Gasteiger partial charge is 0.375 e. The Morgan fingerprint density at radius 3 is 2.59 bits per heavy atom. The normalized spacial score (nSPS) is 18.3. The predicted octanol–water partition coefficient (Wildman–Crippen LogP) is 3.07. The molecule has 2 rings (SSSR count). The highest BCUT2D eigenvalue weighted by molar-refractivity contribution is 5.80. The van der Waals surface area contributed by atoms with E-state index in [1.165, 1.54) is 18.4 Å². The summed E-state index contributed by atoms with van der Waals surface area (Å²) in [5.74, 6) is 1.85. The van der Waals surface area contributed by atoms with Crippen LogP contribution in [0, 0.1) is 5.92 Å². The van der Waals surface area contributed by atoms with E-state index in [9.17, 15) is 0 Å². The van der Waals surface area contributed by atoms with Crippen molar-refractivity contribution in [1.29, 1.82) is 0 Å². The van der Waals surface area contributed by atoms with Crippen molar-refractivity contribution in [2.75, 3.05) is 33.3 Å². The molecular formula is C18H29N3O. The smallest absolute Gasteiger partial charge is 0.194 e. The Balaban J connectivity index is 2.02. The highest BCUT2D eigenvalue weighted by Crippen LogP contribution is 2.18. The summed E-state index contributed by atoms with van der Waals surface area (Å²) in [6.07, 6.45) is 2.51. The second-order valence-corrected chi connectivity index (χ2v) is 6.00. The zero-order chi connectivity index (χ0) is 15.8. The van der Waals surface area contributed by atoms with Crippen molar-refractivity contribution in [1.82, 2.24) is 10.2 Å². The second kappa shape index (κ2) is 8.79. The van der Waals surface area contributed by atoms with E-state index in [0.717, 1.165) is 31.5 Å². The minimum atomic E-state index is 0.0126. The molecule has 22 heavy (non-hydrogen) atoms. The number of rotatable bonds is 5. The Labute approximate surface area is 134 Å². The zero-order valence-electron chi connectivity index (χ0n) is 14.1. The number of piperidine rings is 1.